The zero-order chi connectivity index (χ0) is 36.5. The van der Waals surface area contributed by atoms with E-state index < -0.39 is 0 Å². The second kappa shape index (κ2) is 9.88. The maximum atomic E-state index is 2.79. The lowest BCUT2D eigenvalue weighted by atomic mass is 9.76. The number of hydrogen-bond donors (Lipinski definition) is 0. The molecule has 1 aliphatic carbocycles. The Morgan fingerprint density at radius 3 is 2.16 bits per heavy atom. The Labute approximate surface area is 320 Å². The third-order valence-electron chi connectivity index (χ3n) is 13.8. The molecule has 1 spiro atoms. The summed E-state index contributed by atoms with van der Waals surface area (Å²) in [6, 6.07) is 53.5. The van der Waals surface area contributed by atoms with E-state index in [1.165, 1.54) is 100 Å². The van der Waals surface area contributed by atoms with E-state index in [0.29, 0.717) is 0 Å². The number of pyridine rings is 2. The summed E-state index contributed by atoms with van der Waals surface area (Å²) < 4.78 is 10.7. The maximum absolute atomic E-state index is 2.79. The van der Waals surface area contributed by atoms with E-state index in [-0.39, 0.29) is 22.9 Å². The van der Waals surface area contributed by atoms with Crippen molar-refractivity contribution in [3.63, 3.8) is 0 Å². The van der Waals surface area contributed by atoms with E-state index >= 15 is 0 Å². The number of aromatic nitrogens is 4. The van der Waals surface area contributed by atoms with Crippen molar-refractivity contribution in [2.24, 2.45) is 0 Å². The first kappa shape index (κ1) is 30.1. The predicted octanol–water partition coefficient (Wildman–Crippen LogP) is 11.0. The van der Waals surface area contributed by atoms with Gasteiger partial charge in [0, 0.05) is 39.5 Å². The summed E-state index contributed by atoms with van der Waals surface area (Å²) in [5.41, 5.74) is 17.2. The predicted molar refractivity (Wildman–Crippen MR) is 222 cm³/mol. The van der Waals surface area contributed by atoms with Gasteiger partial charge < -0.3 is 4.57 Å². The lowest BCUT2D eigenvalue weighted by Crippen LogP contribution is -2.52. The summed E-state index contributed by atoms with van der Waals surface area (Å²) in [5, 5.41) is 5.31. The molecule has 0 N–H and O–H groups in total. The molecule has 7 heterocycles. The average molecular weight is 709 g/mol. The summed E-state index contributed by atoms with van der Waals surface area (Å²) in [7, 11) is 0. The van der Waals surface area contributed by atoms with Gasteiger partial charge in [-0.05, 0) is 94.3 Å². The zero-order valence-electron chi connectivity index (χ0n) is 31.5. The Morgan fingerprint density at radius 1 is 0.618 bits per heavy atom. The van der Waals surface area contributed by atoms with Crippen LogP contribution < -0.4 is 9.13 Å². The average Bonchev–Trinajstić information content (AvgIpc) is 3.66. The smallest absolute Gasteiger partial charge is 0.297 e. The number of aryl methyl sites for hydroxylation is 1. The van der Waals surface area contributed by atoms with Crippen LogP contribution in [0.3, 0.4) is 0 Å². The largest absolute Gasteiger partial charge is 0.303 e. The van der Waals surface area contributed by atoms with Crippen LogP contribution in [0.5, 0.6) is 0 Å². The van der Waals surface area contributed by atoms with E-state index in [2.05, 4.69) is 192 Å². The number of nitrogens with zero attached hydrogens (tertiary/aromatic N) is 4. The molecule has 4 aromatic heterocycles. The fraction of sp³-hybridized carbons (Fsp3) is 0.176. The normalized spacial score (nSPS) is 19.6. The second-order valence-corrected chi connectivity index (χ2v) is 17.5. The van der Waals surface area contributed by atoms with Crippen LogP contribution in [-0.2, 0) is 17.4 Å². The zero-order valence-corrected chi connectivity index (χ0v) is 31.5. The molecular formula is C51H40N4+2. The molecule has 3 atom stereocenters. The first-order valence-corrected chi connectivity index (χ1v) is 19.8. The molecular weight excluding hydrogens is 669 g/mol. The van der Waals surface area contributed by atoms with Crippen molar-refractivity contribution in [2.75, 3.05) is 0 Å². The molecule has 1 saturated carbocycles. The molecule has 0 saturated heterocycles. The molecule has 3 unspecified atom stereocenters. The molecule has 4 heteroatoms. The minimum absolute atomic E-state index is 0.0156. The van der Waals surface area contributed by atoms with Gasteiger partial charge in [0.25, 0.3) is 5.65 Å². The van der Waals surface area contributed by atoms with Gasteiger partial charge in [0.1, 0.15) is 22.7 Å². The number of fused-ring (bicyclic) bond motifs is 11. The van der Waals surface area contributed by atoms with E-state index in [9.17, 15) is 0 Å². The van der Waals surface area contributed by atoms with Gasteiger partial charge in [-0.15, -0.1) is 0 Å². The van der Waals surface area contributed by atoms with Gasteiger partial charge in [0.05, 0.1) is 17.0 Å². The molecule has 55 heavy (non-hydrogen) atoms. The summed E-state index contributed by atoms with van der Waals surface area (Å²) in [6.07, 6.45) is 2.32. The maximum Gasteiger partial charge on any atom is 0.297 e. The van der Waals surface area contributed by atoms with E-state index in [0.717, 1.165) is 6.54 Å². The molecule has 0 radical (unpaired) electrons. The minimum atomic E-state index is -0.111. The van der Waals surface area contributed by atoms with Crippen molar-refractivity contribution in [2.45, 2.75) is 57.2 Å². The SMILES string of the molecule is Cc1c2ccccc2c2n1C1C3[n+]4c(ccc5c6ccccc6n-2c54)-c2cc(-c4cc(C(C)(C)C)ccc4-c4ccccc4)cc4c2C13C[n+]1ccccc1-4. The van der Waals surface area contributed by atoms with Gasteiger partial charge in [-0.2, -0.15) is 9.13 Å². The molecule has 9 aromatic rings. The summed E-state index contributed by atoms with van der Waals surface area (Å²) >= 11 is 0. The minimum Gasteiger partial charge on any atom is -0.303 e. The monoisotopic (exact) mass is 708 g/mol. The van der Waals surface area contributed by atoms with E-state index in [1.807, 2.05) is 0 Å². The van der Waals surface area contributed by atoms with E-state index in [4.69, 9.17) is 0 Å². The van der Waals surface area contributed by atoms with Crippen molar-refractivity contribution < 1.29 is 9.13 Å². The lowest BCUT2D eigenvalue weighted by molar-refractivity contribution is -0.712. The van der Waals surface area contributed by atoms with Gasteiger partial charge in [-0.3, -0.25) is 0 Å². The van der Waals surface area contributed by atoms with Gasteiger partial charge >= 0.3 is 0 Å². The first-order valence-electron chi connectivity index (χ1n) is 19.8. The van der Waals surface area contributed by atoms with Crippen LogP contribution in [0.2, 0.25) is 0 Å². The summed E-state index contributed by atoms with van der Waals surface area (Å²) in [4.78, 5) is 0. The van der Waals surface area contributed by atoms with Crippen LogP contribution in [-0.4, -0.2) is 9.13 Å². The molecule has 1 fully saturated rings. The Balaban J connectivity index is 1.21. The number of rotatable bonds is 2. The summed E-state index contributed by atoms with van der Waals surface area (Å²) in [6.45, 7) is 10.3. The van der Waals surface area contributed by atoms with Crippen LogP contribution >= 0.6 is 0 Å². The van der Waals surface area contributed by atoms with Gasteiger partial charge in [-0.1, -0.05) is 99.6 Å². The quantitative estimate of drug-likeness (QED) is 0.159. The number of hydrogen-bond acceptors (Lipinski definition) is 0. The van der Waals surface area contributed by atoms with Crippen LogP contribution in [0.4, 0.5) is 0 Å². The molecule has 5 aromatic carbocycles. The number of para-hydroxylation sites is 1. The topological polar surface area (TPSA) is 17.6 Å². The van der Waals surface area contributed by atoms with Crippen LogP contribution in [0.1, 0.15) is 49.7 Å². The van der Waals surface area contributed by atoms with Gasteiger partial charge in [0.15, 0.2) is 12.7 Å². The molecule has 13 rings (SSSR count). The highest BCUT2D eigenvalue weighted by Gasteiger charge is 2.79. The molecule has 3 aliphatic heterocycles. The molecule has 0 bridgehead atoms. The van der Waals surface area contributed by atoms with Crippen molar-refractivity contribution in [3.05, 3.63) is 163 Å². The highest BCUT2D eigenvalue weighted by Crippen LogP contribution is 2.72. The van der Waals surface area contributed by atoms with Crippen LogP contribution in [0.25, 0.3) is 83.3 Å². The third-order valence-corrected chi connectivity index (χ3v) is 13.8. The second-order valence-electron chi connectivity index (χ2n) is 17.5. The fourth-order valence-corrected chi connectivity index (χ4v) is 11.4. The Kier molecular flexibility index (Phi) is 5.41. The van der Waals surface area contributed by atoms with Gasteiger partial charge in [0.2, 0.25) is 11.5 Å². The lowest BCUT2D eigenvalue weighted by Gasteiger charge is -2.31. The van der Waals surface area contributed by atoms with Gasteiger partial charge in [-0.25, -0.2) is 4.57 Å². The van der Waals surface area contributed by atoms with Crippen molar-refractivity contribution >= 4 is 32.7 Å². The summed E-state index contributed by atoms with van der Waals surface area (Å²) in [5.74, 6) is 1.31. The van der Waals surface area contributed by atoms with E-state index in [1.54, 1.807) is 0 Å². The molecule has 4 aliphatic rings. The Hall–Kier alpha value is -6.26. The fourth-order valence-electron chi connectivity index (χ4n) is 11.4. The molecule has 262 valence electrons. The van der Waals surface area contributed by atoms with Crippen LogP contribution in [0, 0.1) is 6.92 Å². The van der Waals surface area contributed by atoms with Crippen molar-refractivity contribution in [1.29, 1.82) is 0 Å². The first-order chi connectivity index (χ1) is 26.8. The highest BCUT2D eigenvalue weighted by molar-refractivity contribution is 6.09. The van der Waals surface area contributed by atoms with Crippen molar-refractivity contribution in [3.8, 4) is 50.6 Å². The van der Waals surface area contributed by atoms with Crippen molar-refractivity contribution in [1.82, 2.24) is 9.13 Å². The third kappa shape index (κ3) is 3.55. The standard InChI is InChI=1S/C51H40N4/c1-30-34-16-8-9-18-37(34)48-53(30)46-47-51(46)29-52-25-13-12-19-42(52)40-26-32(39-28-33(50(2,3)4)21-22-35(39)31-14-6-5-7-15-31)27-41(45(40)51)44-24-23-38-36-17-10-11-20-43(36)55(48)49(38)54(44)47/h5-28,46-47H,29H2,1-4H3/q+2. The number of benzene rings is 5. The van der Waals surface area contributed by atoms with Crippen LogP contribution in [0.15, 0.2) is 146 Å². The highest BCUT2D eigenvalue weighted by atomic mass is 15.4. The molecule has 4 nitrogen and oxygen atoms in total. The molecule has 0 amide bonds. The Bertz CT molecular complexity index is 3190. The Morgan fingerprint density at radius 2 is 1.35 bits per heavy atom.